The molecule has 0 amide bonds. The molecule has 0 radical (unpaired) electrons. The third-order valence-corrected chi connectivity index (χ3v) is 4.46. The Balaban J connectivity index is 1.74. The molecule has 0 unspecified atom stereocenters. The predicted molar refractivity (Wildman–Crippen MR) is 97.7 cm³/mol. The maximum absolute atomic E-state index is 13.9. The second-order valence-electron chi connectivity index (χ2n) is 6.22. The van der Waals surface area contributed by atoms with Gasteiger partial charge in [-0.15, -0.1) is 0 Å². The second-order valence-corrected chi connectivity index (χ2v) is 6.22. The lowest BCUT2D eigenvalue weighted by molar-refractivity contribution is -0.148. The summed E-state index contributed by atoms with van der Waals surface area (Å²) in [5, 5.41) is 2.71. The van der Waals surface area contributed by atoms with Crippen LogP contribution in [0.5, 0.6) is 0 Å². The molecule has 0 saturated carbocycles. The zero-order valence-electron chi connectivity index (χ0n) is 14.9. The third-order valence-electron chi connectivity index (χ3n) is 4.46. The molecule has 3 N–H and O–H groups in total. The average molecular weight is 377 g/mol. The molecule has 1 aliphatic heterocycles. The highest BCUT2D eigenvalue weighted by molar-refractivity contribution is 5.79. The van der Waals surface area contributed by atoms with Gasteiger partial charge in [0.1, 0.15) is 23.6 Å². The highest BCUT2D eigenvalue weighted by atomic mass is 19.1. The number of carbonyl (C=O) groups excluding carboxylic acids is 1. The Kier molecular flexibility index (Phi) is 5.68. The van der Waals surface area contributed by atoms with Crippen LogP contribution in [-0.2, 0) is 9.53 Å². The molecule has 1 aromatic heterocycles. The van der Waals surface area contributed by atoms with Crippen molar-refractivity contribution < 1.29 is 18.3 Å². The lowest BCUT2D eigenvalue weighted by Crippen LogP contribution is -2.37. The van der Waals surface area contributed by atoms with Gasteiger partial charge in [0, 0.05) is 19.2 Å². The molecule has 1 fully saturated rings. The standard InChI is InChI=1S/C18H21F2N5O2/c1-2-27-18(26)11-5-7-25(8-6-11)17-15(21)16(22-10-23-17)24-14-9-12(19)3-4-13(14)20/h3-4,9-11H,2,5-8,21H2,1H3,(H,22,23,24). The minimum atomic E-state index is -0.619. The van der Waals surface area contributed by atoms with Gasteiger partial charge in [-0.05, 0) is 31.9 Å². The van der Waals surface area contributed by atoms with Crippen molar-refractivity contribution in [2.45, 2.75) is 19.8 Å². The number of carbonyl (C=O) groups is 1. The highest BCUT2D eigenvalue weighted by Crippen LogP contribution is 2.32. The summed E-state index contributed by atoms with van der Waals surface area (Å²) in [4.78, 5) is 22.0. The van der Waals surface area contributed by atoms with Crippen molar-refractivity contribution in [3.8, 4) is 0 Å². The Labute approximate surface area is 155 Å². The van der Waals surface area contributed by atoms with Gasteiger partial charge in [0.05, 0.1) is 18.2 Å². The summed E-state index contributed by atoms with van der Waals surface area (Å²) >= 11 is 0. The van der Waals surface area contributed by atoms with Gasteiger partial charge in [-0.25, -0.2) is 18.7 Å². The first-order valence-electron chi connectivity index (χ1n) is 8.73. The van der Waals surface area contributed by atoms with Crippen molar-refractivity contribution >= 4 is 29.0 Å². The van der Waals surface area contributed by atoms with Gasteiger partial charge in [-0.1, -0.05) is 0 Å². The zero-order chi connectivity index (χ0) is 19.4. The number of nitrogens with zero attached hydrogens (tertiary/aromatic N) is 3. The topological polar surface area (TPSA) is 93.4 Å². The summed E-state index contributed by atoms with van der Waals surface area (Å²) in [7, 11) is 0. The van der Waals surface area contributed by atoms with E-state index < -0.39 is 11.6 Å². The van der Waals surface area contributed by atoms with Crippen LogP contribution in [0, 0.1) is 17.6 Å². The van der Waals surface area contributed by atoms with Crippen molar-refractivity contribution in [3.63, 3.8) is 0 Å². The summed E-state index contributed by atoms with van der Waals surface area (Å²) in [5.74, 6) is -0.831. The molecule has 1 saturated heterocycles. The lowest BCUT2D eigenvalue weighted by atomic mass is 9.97. The van der Waals surface area contributed by atoms with Crippen molar-refractivity contribution in [1.82, 2.24) is 9.97 Å². The number of rotatable bonds is 5. The van der Waals surface area contributed by atoms with Crippen molar-refractivity contribution in [2.24, 2.45) is 5.92 Å². The number of esters is 1. The fourth-order valence-electron chi connectivity index (χ4n) is 3.05. The summed E-state index contributed by atoms with van der Waals surface area (Å²) in [5.41, 5.74) is 6.32. The van der Waals surface area contributed by atoms with Crippen LogP contribution in [0.2, 0.25) is 0 Å². The summed E-state index contributed by atoms with van der Waals surface area (Å²) in [6.07, 6.45) is 2.57. The molecule has 3 rings (SSSR count). The largest absolute Gasteiger partial charge is 0.466 e. The monoisotopic (exact) mass is 377 g/mol. The SMILES string of the molecule is CCOC(=O)C1CCN(c2ncnc(Nc3cc(F)ccc3F)c2N)CC1. The van der Waals surface area contributed by atoms with E-state index in [2.05, 4.69) is 15.3 Å². The molecule has 9 heteroatoms. The molecule has 0 atom stereocenters. The number of halogens is 2. The van der Waals surface area contributed by atoms with E-state index in [0.29, 0.717) is 38.4 Å². The van der Waals surface area contributed by atoms with Gasteiger partial charge in [0.2, 0.25) is 0 Å². The molecule has 1 aromatic carbocycles. The Morgan fingerprint density at radius 1 is 1.33 bits per heavy atom. The van der Waals surface area contributed by atoms with E-state index in [4.69, 9.17) is 10.5 Å². The summed E-state index contributed by atoms with van der Waals surface area (Å²) < 4.78 is 32.3. The van der Waals surface area contributed by atoms with Gasteiger partial charge in [-0.3, -0.25) is 4.79 Å². The van der Waals surface area contributed by atoms with Crippen molar-refractivity contribution in [3.05, 3.63) is 36.2 Å². The van der Waals surface area contributed by atoms with Gasteiger partial charge in [-0.2, -0.15) is 0 Å². The molecular formula is C18H21F2N5O2. The van der Waals surface area contributed by atoms with E-state index in [0.717, 1.165) is 18.2 Å². The number of nitrogens with one attached hydrogen (secondary N) is 1. The minimum absolute atomic E-state index is 0.0626. The Morgan fingerprint density at radius 3 is 2.78 bits per heavy atom. The van der Waals surface area contributed by atoms with Gasteiger partial charge >= 0.3 is 5.97 Å². The molecule has 0 aliphatic carbocycles. The van der Waals surface area contributed by atoms with Crippen molar-refractivity contribution in [1.29, 1.82) is 0 Å². The average Bonchev–Trinajstić information content (AvgIpc) is 2.67. The van der Waals surface area contributed by atoms with E-state index in [1.807, 2.05) is 4.90 Å². The lowest BCUT2D eigenvalue weighted by Gasteiger charge is -2.32. The van der Waals surface area contributed by atoms with Crippen LogP contribution >= 0.6 is 0 Å². The fourth-order valence-corrected chi connectivity index (χ4v) is 3.05. The van der Waals surface area contributed by atoms with Crippen molar-refractivity contribution in [2.75, 3.05) is 35.6 Å². The van der Waals surface area contributed by atoms with Crippen LogP contribution in [-0.4, -0.2) is 35.6 Å². The third kappa shape index (κ3) is 4.24. The van der Waals surface area contributed by atoms with Crippen LogP contribution in [0.25, 0.3) is 0 Å². The maximum Gasteiger partial charge on any atom is 0.309 e. The maximum atomic E-state index is 13.9. The highest BCUT2D eigenvalue weighted by Gasteiger charge is 2.28. The molecule has 0 bridgehead atoms. The number of nitrogens with two attached hydrogens (primary N) is 1. The number of aromatic nitrogens is 2. The van der Waals surface area contributed by atoms with E-state index in [9.17, 15) is 13.6 Å². The normalized spacial score (nSPS) is 14.9. The molecule has 144 valence electrons. The predicted octanol–water partition coefficient (Wildman–Crippen LogP) is 2.86. The number of anilines is 4. The molecule has 7 nitrogen and oxygen atoms in total. The number of piperidine rings is 1. The van der Waals surface area contributed by atoms with Crippen LogP contribution < -0.4 is 16.0 Å². The number of benzene rings is 1. The summed E-state index contributed by atoms with van der Waals surface area (Å²) in [6, 6.07) is 3.08. The van der Waals surface area contributed by atoms with Crippen LogP contribution in [0.3, 0.4) is 0 Å². The Morgan fingerprint density at radius 2 is 2.07 bits per heavy atom. The van der Waals surface area contributed by atoms with Crippen LogP contribution in [0.1, 0.15) is 19.8 Å². The molecule has 27 heavy (non-hydrogen) atoms. The molecule has 1 aliphatic rings. The Bertz CT molecular complexity index is 825. The van der Waals surface area contributed by atoms with Crippen LogP contribution in [0.15, 0.2) is 24.5 Å². The van der Waals surface area contributed by atoms with E-state index in [1.165, 1.54) is 6.33 Å². The van der Waals surface area contributed by atoms with E-state index >= 15 is 0 Å². The molecule has 2 aromatic rings. The fraction of sp³-hybridized carbons (Fsp3) is 0.389. The first-order valence-corrected chi connectivity index (χ1v) is 8.73. The number of nitrogen functional groups attached to an aromatic ring is 1. The van der Waals surface area contributed by atoms with E-state index in [-0.39, 0.29) is 29.1 Å². The minimum Gasteiger partial charge on any atom is -0.466 e. The summed E-state index contributed by atoms with van der Waals surface area (Å²) in [6.45, 7) is 3.31. The van der Waals surface area contributed by atoms with E-state index in [1.54, 1.807) is 6.92 Å². The first-order chi connectivity index (χ1) is 13.0. The Hall–Kier alpha value is -2.97. The second kappa shape index (κ2) is 8.15. The van der Waals surface area contributed by atoms with Crippen LogP contribution in [0.4, 0.5) is 31.8 Å². The molecule has 2 heterocycles. The van der Waals surface area contributed by atoms with Gasteiger partial charge in [0.15, 0.2) is 11.6 Å². The van der Waals surface area contributed by atoms with Gasteiger partial charge in [0.25, 0.3) is 0 Å². The quantitative estimate of drug-likeness (QED) is 0.774. The first kappa shape index (κ1) is 18.8. The zero-order valence-corrected chi connectivity index (χ0v) is 14.9. The number of hydrogen-bond donors (Lipinski definition) is 2. The number of hydrogen-bond acceptors (Lipinski definition) is 7. The van der Waals surface area contributed by atoms with Gasteiger partial charge < -0.3 is 20.7 Å². The smallest absolute Gasteiger partial charge is 0.309 e. The number of ether oxygens (including phenoxy) is 1. The molecular weight excluding hydrogens is 356 g/mol. The molecule has 0 spiro atoms.